The molecule has 0 aliphatic rings. The van der Waals surface area contributed by atoms with Crippen molar-refractivity contribution in [2.24, 2.45) is 0 Å². The maximum Gasteiger partial charge on any atom is 0.0562 e. The Morgan fingerprint density at radius 2 is 0.569 bits per heavy atom. The lowest BCUT2D eigenvalue weighted by atomic mass is 10.1. The van der Waals surface area contributed by atoms with Gasteiger partial charge in [0.1, 0.15) is 0 Å². The number of hydrogen-bond donors (Lipinski definition) is 0. The van der Waals surface area contributed by atoms with E-state index in [1.807, 2.05) is 0 Å². The first-order chi connectivity index (χ1) is 28.8. The van der Waals surface area contributed by atoms with E-state index in [2.05, 4.69) is 225 Å². The van der Waals surface area contributed by atoms with Crippen LogP contribution in [0.5, 0.6) is 0 Å². The van der Waals surface area contributed by atoms with Crippen molar-refractivity contribution >= 4 is 87.2 Å². The van der Waals surface area contributed by atoms with Gasteiger partial charge in [0.25, 0.3) is 0 Å². The van der Waals surface area contributed by atoms with Crippen LogP contribution in [0, 0.1) is 0 Å². The highest BCUT2D eigenvalue weighted by Crippen LogP contribution is 2.43. The van der Waals surface area contributed by atoms with Gasteiger partial charge in [0.15, 0.2) is 0 Å². The summed E-state index contributed by atoms with van der Waals surface area (Å²) in [5.74, 6) is 0. The largest absolute Gasteiger partial charge is 0.309 e. The van der Waals surface area contributed by atoms with Gasteiger partial charge in [0.05, 0.1) is 55.5 Å². The molecule has 0 bridgehead atoms. The van der Waals surface area contributed by atoms with E-state index in [1.54, 1.807) is 0 Å². The summed E-state index contributed by atoms with van der Waals surface area (Å²) in [6.07, 6.45) is 0. The van der Waals surface area contributed by atoms with Gasteiger partial charge in [-0.2, -0.15) is 0 Å². The molecule has 0 unspecified atom stereocenters. The molecule has 0 saturated heterocycles. The predicted molar refractivity (Wildman–Crippen MR) is 244 cm³/mol. The van der Waals surface area contributed by atoms with Crippen molar-refractivity contribution < 1.29 is 0 Å². The van der Waals surface area contributed by atoms with Gasteiger partial charge in [-0.25, -0.2) is 0 Å². The van der Waals surface area contributed by atoms with Crippen molar-refractivity contribution in [1.82, 2.24) is 18.3 Å². The van der Waals surface area contributed by atoms with Gasteiger partial charge >= 0.3 is 0 Å². The Kier molecular flexibility index (Phi) is 6.41. The SMILES string of the molecule is c1ccc(-n2c3ccccc3c3c(-n4c5ccccc5c5c(-n6c7ccccc7c7cc(-n8c9ccccc9c9ccccc98)ccc76)cccc54)cccc32)cc1. The summed E-state index contributed by atoms with van der Waals surface area (Å²) < 4.78 is 9.80. The van der Waals surface area contributed by atoms with Crippen molar-refractivity contribution in [3.63, 3.8) is 0 Å². The number of para-hydroxylation sites is 6. The summed E-state index contributed by atoms with van der Waals surface area (Å²) >= 11 is 0. The van der Waals surface area contributed by atoms with Crippen molar-refractivity contribution in [1.29, 1.82) is 0 Å². The minimum absolute atomic E-state index is 1.16. The standard InChI is InChI=1S/C54H34N4/c1-2-16-35(17-3-1)55-46-26-12-7-21-40(46)53-49(55)28-14-30-51(53)58-47-27-13-8-22-41(47)54-50(29-15-31-52(54)58)57-45-25-11-6-20-39(45)42-34-36(32-33-48(42)57)56-43-23-9-4-18-37(43)38-19-5-10-24-44(38)56/h1-34H. The highest BCUT2D eigenvalue weighted by molar-refractivity contribution is 6.19. The van der Waals surface area contributed by atoms with Gasteiger partial charge in [-0.05, 0) is 84.9 Å². The zero-order valence-electron chi connectivity index (χ0n) is 31.4. The summed E-state index contributed by atoms with van der Waals surface area (Å²) in [6.45, 7) is 0. The van der Waals surface area contributed by atoms with Gasteiger partial charge in [-0.15, -0.1) is 0 Å². The Morgan fingerprint density at radius 1 is 0.207 bits per heavy atom. The number of hydrogen-bond acceptors (Lipinski definition) is 0. The number of aromatic nitrogens is 4. The molecule has 0 aliphatic heterocycles. The average molecular weight is 739 g/mol. The second-order valence-electron chi connectivity index (χ2n) is 15.3. The number of fused-ring (bicyclic) bond motifs is 12. The van der Waals surface area contributed by atoms with Crippen LogP contribution in [0.25, 0.3) is 110 Å². The summed E-state index contributed by atoms with van der Waals surface area (Å²) in [7, 11) is 0. The van der Waals surface area contributed by atoms with E-state index < -0.39 is 0 Å². The molecular weight excluding hydrogens is 705 g/mol. The third-order valence-electron chi connectivity index (χ3n) is 12.3. The first kappa shape index (κ1) is 31.4. The first-order valence-electron chi connectivity index (χ1n) is 20.0. The summed E-state index contributed by atoms with van der Waals surface area (Å²) in [5, 5.41) is 9.94. The fraction of sp³-hybridized carbons (Fsp3) is 0. The third kappa shape index (κ3) is 4.18. The van der Waals surface area contributed by atoms with Crippen LogP contribution in [-0.4, -0.2) is 18.3 Å². The normalized spacial score (nSPS) is 12.1. The van der Waals surface area contributed by atoms with Crippen LogP contribution in [0.3, 0.4) is 0 Å². The number of benzene rings is 9. The maximum atomic E-state index is 2.49. The molecule has 0 aliphatic carbocycles. The molecular formula is C54H34N4. The van der Waals surface area contributed by atoms with Crippen molar-refractivity contribution in [3.05, 3.63) is 206 Å². The molecule has 0 fully saturated rings. The molecule has 270 valence electrons. The van der Waals surface area contributed by atoms with Crippen LogP contribution in [0.4, 0.5) is 0 Å². The van der Waals surface area contributed by atoms with Gasteiger partial charge in [0, 0.05) is 54.5 Å². The van der Waals surface area contributed by atoms with Crippen molar-refractivity contribution in [2.75, 3.05) is 0 Å². The highest BCUT2D eigenvalue weighted by atomic mass is 15.0. The average Bonchev–Trinajstić information content (AvgIpc) is 4.02. The van der Waals surface area contributed by atoms with Crippen LogP contribution in [0.1, 0.15) is 0 Å². The molecule has 4 heterocycles. The zero-order chi connectivity index (χ0) is 37.9. The van der Waals surface area contributed by atoms with Crippen LogP contribution < -0.4 is 0 Å². The first-order valence-corrected chi connectivity index (χ1v) is 20.0. The Bertz CT molecular complexity index is 3740. The molecule has 9 aromatic carbocycles. The van der Waals surface area contributed by atoms with Crippen molar-refractivity contribution in [2.45, 2.75) is 0 Å². The van der Waals surface area contributed by atoms with Gasteiger partial charge in [0.2, 0.25) is 0 Å². The molecule has 0 radical (unpaired) electrons. The van der Waals surface area contributed by atoms with Gasteiger partial charge in [-0.3, -0.25) is 0 Å². The monoisotopic (exact) mass is 738 g/mol. The van der Waals surface area contributed by atoms with E-state index in [0.29, 0.717) is 0 Å². The maximum absolute atomic E-state index is 2.49. The lowest BCUT2D eigenvalue weighted by Crippen LogP contribution is -1.98. The van der Waals surface area contributed by atoms with E-state index in [1.165, 1.54) is 98.6 Å². The lowest BCUT2D eigenvalue weighted by molar-refractivity contribution is 1.16. The second-order valence-corrected chi connectivity index (χ2v) is 15.3. The molecule has 4 heteroatoms. The Morgan fingerprint density at radius 3 is 1.14 bits per heavy atom. The van der Waals surface area contributed by atoms with E-state index in [0.717, 1.165) is 11.4 Å². The molecule has 4 nitrogen and oxygen atoms in total. The molecule has 0 saturated carbocycles. The molecule has 0 atom stereocenters. The van der Waals surface area contributed by atoms with E-state index >= 15 is 0 Å². The molecule has 0 N–H and O–H groups in total. The van der Waals surface area contributed by atoms with Crippen LogP contribution >= 0.6 is 0 Å². The number of rotatable bonds is 4. The Hall–Kier alpha value is -7.82. The minimum atomic E-state index is 1.16. The number of nitrogens with zero attached hydrogens (tertiary/aromatic N) is 4. The van der Waals surface area contributed by atoms with E-state index in [9.17, 15) is 0 Å². The second kappa shape index (κ2) is 11.8. The van der Waals surface area contributed by atoms with Crippen LogP contribution in [0.2, 0.25) is 0 Å². The highest BCUT2D eigenvalue weighted by Gasteiger charge is 2.23. The molecule has 0 amide bonds. The summed E-state index contributed by atoms with van der Waals surface area (Å²) in [5.41, 5.74) is 14.2. The fourth-order valence-corrected chi connectivity index (χ4v) is 10.0. The lowest BCUT2D eigenvalue weighted by Gasteiger charge is -2.13. The Labute approximate surface area is 333 Å². The summed E-state index contributed by atoms with van der Waals surface area (Å²) in [4.78, 5) is 0. The Balaban J connectivity index is 1.10. The smallest absolute Gasteiger partial charge is 0.0562 e. The van der Waals surface area contributed by atoms with Crippen molar-refractivity contribution in [3.8, 4) is 22.7 Å². The molecule has 58 heavy (non-hydrogen) atoms. The third-order valence-corrected chi connectivity index (χ3v) is 12.3. The minimum Gasteiger partial charge on any atom is -0.309 e. The summed E-state index contributed by atoms with van der Waals surface area (Å²) in [6, 6.07) is 75.4. The van der Waals surface area contributed by atoms with Gasteiger partial charge in [-0.1, -0.05) is 121 Å². The fourth-order valence-electron chi connectivity index (χ4n) is 10.0. The molecule has 4 aromatic heterocycles. The topological polar surface area (TPSA) is 19.7 Å². The molecule has 13 rings (SSSR count). The predicted octanol–water partition coefficient (Wildman–Crippen LogP) is 14.1. The van der Waals surface area contributed by atoms with Crippen LogP contribution in [0.15, 0.2) is 206 Å². The zero-order valence-corrected chi connectivity index (χ0v) is 31.4. The molecule has 13 aromatic rings. The van der Waals surface area contributed by atoms with E-state index in [4.69, 9.17) is 0 Å². The quantitative estimate of drug-likeness (QED) is 0.171. The van der Waals surface area contributed by atoms with E-state index in [-0.39, 0.29) is 0 Å². The van der Waals surface area contributed by atoms with Gasteiger partial charge < -0.3 is 18.3 Å². The van der Waals surface area contributed by atoms with Crippen LogP contribution in [-0.2, 0) is 0 Å². The molecule has 0 spiro atoms.